The second kappa shape index (κ2) is 5.66. The van der Waals surface area contributed by atoms with Gasteiger partial charge in [0.2, 0.25) is 0 Å². The topological polar surface area (TPSA) is 64.9 Å². The molecule has 23 heavy (non-hydrogen) atoms. The maximum absolute atomic E-state index is 6.31. The number of nitrogens with zero attached hydrogens (tertiary/aromatic N) is 2. The molecule has 2 N–H and O–H groups in total. The molecule has 1 atom stereocenters. The van der Waals surface area contributed by atoms with Crippen molar-refractivity contribution in [3.63, 3.8) is 0 Å². The van der Waals surface area contributed by atoms with E-state index in [1.54, 1.807) is 12.4 Å². The molecule has 0 saturated heterocycles. The summed E-state index contributed by atoms with van der Waals surface area (Å²) in [4.78, 5) is 4.11. The van der Waals surface area contributed by atoms with Gasteiger partial charge in [0.25, 0.3) is 0 Å². The minimum absolute atomic E-state index is 0.354. The molecule has 2 aromatic carbocycles. The third-order valence-corrected chi connectivity index (χ3v) is 3.95. The summed E-state index contributed by atoms with van der Waals surface area (Å²) in [5, 5.41) is 5.11. The summed E-state index contributed by atoms with van der Waals surface area (Å²) in [5.41, 5.74) is 10.9. The first-order chi connectivity index (χ1) is 11.3. The van der Waals surface area contributed by atoms with Gasteiger partial charge in [0.1, 0.15) is 5.69 Å². The number of nitrogens with two attached hydrogens (primary N) is 1. The van der Waals surface area contributed by atoms with Crippen LogP contribution in [0.5, 0.6) is 0 Å². The molecule has 2 aromatic heterocycles. The van der Waals surface area contributed by atoms with Gasteiger partial charge in [-0.3, -0.25) is 4.98 Å². The minimum Gasteiger partial charge on any atom is -0.356 e. The van der Waals surface area contributed by atoms with Crippen molar-refractivity contribution < 1.29 is 4.52 Å². The number of aromatic nitrogens is 2. The van der Waals surface area contributed by atoms with Crippen LogP contribution in [0, 0.1) is 0 Å². The monoisotopic (exact) mass is 301 g/mol. The van der Waals surface area contributed by atoms with E-state index >= 15 is 0 Å². The molecular weight excluding hydrogens is 286 g/mol. The molecule has 0 saturated carbocycles. The van der Waals surface area contributed by atoms with Crippen LogP contribution in [0.4, 0.5) is 0 Å². The summed E-state index contributed by atoms with van der Waals surface area (Å²) >= 11 is 0. The van der Waals surface area contributed by atoms with Gasteiger partial charge in [0.15, 0.2) is 5.58 Å². The van der Waals surface area contributed by atoms with Gasteiger partial charge in [-0.1, -0.05) is 47.6 Å². The largest absolute Gasteiger partial charge is 0.356 e. The molecule has 4 aromatic rings. The van der Waals surface area contributed by atoms with Gasteiger partial charge in [0, 0.05) is 17.8 Å². The average molecular weight is 301 g/mol. The Hall–Kier alpha value is -2.98. The number of rotatable bonds is 3. The lowest BCUT2D eigenvalue weighted by molar-refractivity contribution is 0.442. The average Bonchev–Trinajstić information content (AvgIpc) is 3.05. The van der Waals surface area contributed by atoms with Crippen molar-refractivity contribution in [2.75, 3.05) is 0 Å². The maximum Gasteiger partial charge on any atom is 0.167 e. The fourth-order valence-corrected chi connectivity index (χ4v) is 2.71. The molecule has 4 nitrogen and oxygen atoms in total. The van der Waals surface area contributed by atoms with Gasteiger partial charge in [-0.25, -0.2) is 0 Å². The third-order valence-electron chi connectivity index (χ3n) is 3.95. The number of benzene rings is 2. The van der Waals surface area contributed by atoms with Crippen molar-refractivity contribution in [1.29, 1.82) is 0 Å². The van der Waals surface area contributed by atoms with E-state index in [0.29, 0.717) is 0 Å². The highest BCUT2D eigenvalue weighted by Gasteiger charge is 2.17. The Bertz CT molecular complexity index is 933. The summed E-state index contributed by atoms with van der Waals surface area (Å²) in [6, 6.07) is 19.7. The zero-order valence-corrected chi connectivity index (χ0v) is 12.4. The van der Waals surface area contributed by atoms with E-state index in [1.165, 1.54) is 0 Å². The Morgan fingerprint density at radius 2 is 1.78 bits per heavy atom. The first kappa shape index (κ1) is 13.7. The molecule has 1 unspecified atom stereocenters. The van der Waals surface area contributed by atoms with Crippen molar-refractivity contribution in [1.82, 2.24) is 10.1 Å². The second-order valence-electron chi connectivity index (χ2n) is 5.41. The van der Waals surface area contributed by atoms with Crippen LogP contribution in [0.1, 0.15) is 17.3 Å². The normalized spacial score (nSPS) is 12.4. The van der Waals surface area contributed by atoms with Crippen LogP contribution in [0.2, 0.25) is 0 Å². The van der Waals surface area contributed by atoms with Gasteiger partial charge < -0.3 is 10.3 Å². The fourth-order valence-electron chi connectivity index (χ4n) is 2.71. The molecule has 0 aliphatic heterocycles. The summed E-state index contributed by atoms with van der Waals surface area (Å²) in [7, 11) is 0. The fraction of sp³-hybridized carbons (Fsp3) is 0.0526. The summed E-state index contributed by atoms with van der Waals surface area (Å²) in [5.74, 6) is 0. The molecule has 0 amide bonds. The van der Waals surface area contributed by atoms with Gasteiger partial charge in [-0.2, -0.15) is 0 Å². The van der Waals surface area contributed by atoms with Gasteiger partial charge in [-0.15, -0.1) is 0 Å². The van der Waals surface area contributed by atoms with E-state index in [0.717, 1.165) is 33.4 Å². The second-order valence-corrected chi connectivity index (χ2v) is 5.41. The summed E-state index contributed by atoms with van der Waals surface area (Å²) in [6.07, 6.45) is 3.48. The van der Waals surface area contributed by atoms with Crippen molar-refractivity contribution in [3.8, 4) is 11.1 Å². The standard InChI is InChI=1S/C19H15N3O/c20-18(15-7-4-10-21-12-15)19-16-9-8-14(11-17(16)23-22-19)13-5-2-1-3-6-13/h1-12,18H,20H2. The van der Waals surface area contributed by atoms with E-state index in [2.05, 4.69) is 28.3 Å². The molecule has 0 bridgehead atoms. The maximum atomic E-state index is 6.31. The molecule has 0 aliphatic carbocycles. The molecule has 4 heteroatoms. The SMILES string of the molecule is NC(c1cccnc1)c1noc2cc(-c3ccccc3)ccc12. The van der Waals surface area contributed by atoms with Crippen LogP contribution in [0.15, 0.2) is 77.6 Å². The third kappa shape index (κ3) is 2.49. The van der Waals surface area contributed by atoms with Crippen molar-refractivity contribution in [3.05, 3.63) is 84.3 Å². The highest BCUT2D eigenvalue weighted by molar-refractivity contribution is 5.85. The molecule has 0 spiro atoms. The van der Waals surface area contributed by atoms with Crippen LogP contribution < -0.4 is 5.73 Å². The zero-order chi connectivity index (χ0) is 15.6. The molecule has 0 radical (unpaired) electrons. The Labute approximate surface area is 133 Å². The first-order valence-electron chi connectivity index (χ1n) is 7.43. The lowest BCUT2D eigenvalue weighted by Crippen LogP contribution is -2.12. The van der Waals surface area contributed by atoms with E-state index in [1.807, 2.05) is 42.5 Å². The number of hydrogen-bond donors (Lipinski definition) is 1. The van der Waals surface area contributed by atoms with Crippen LogP contribution in [-0.4, -0.2) is 10.1 Å². The molecule has 2 heterocycles. The lowest BCUT2D eigenvalue weighted by Gasteiger charge is -2.08. The zero-order valence-electron chi connectivity index (χ0n) is 12.4. The Kier molecular flexibility index (Phi) is 3.37. The molecule has 0 fully saturated rings. The molecule has 0 aliphatic rings. The molecule has 112 valence electrons. The summed E-state index contributed by atoms with van der Waals surface area (Å²) in [6.45, 7) is 0. The predicted octanol–water partition coefficient (Wildman–Crippen LogP) is 3.94. The lowest BCUT2D eigenvalue weighted by atomic mass is 10.0. The number of hydrogen-bond acceptors (Lipinski definition) is 4. The van der Waals surface area contributed by atoms with Crippen molar-refractivity contribution in [2.24, 2.45) is 5.73 Å². The van der Waals surface area contributed by atoms with Crippen LogP contribution in [0.25, 0.3) is 22.1 Å². The Morgan fingerprint density at radius 1 is 0.913 bits per heavy atom. The minimum atomic E-state index is -0.354. The molecular formula is C19H15N3O. The Morgan fingerprint density at radius 3 is 2.57 bits per heavy atom. The number of fused-ring (bicyclic) bond motifs is 1. The van der Waals surface area contributed by atoms with Crippen LogP contribution in [-0.2, 0) is 0 Å². The van der Waals surface area contributed by atoms with Gasteiger partial charge in [-0.05, 0) is 34.9 Å². The van der Waals surface area contributed by atoms with Crippen molar-refractivity contribution in [2.45, 2.75) is 6.04 Å². The molecule has 4 rings (SSSR count). The van der Waals surface area contributed by atoms with Crippen LogP contribution in [0.3, 0.4) is 0 Å². The van der Waals surface area contributed by atoms with Crippen LogP contribution >= 0.6 is 0 Å². The summed E-state index contributed by atoms with van der Waals surface area (Å²) < 4.78 is 5.50. The first-order valence-corrected chi connectivity index (χ1v) is 7.43. The van der Waals surface area contributed by atoms with E-state index in [4.69, 9.17) is 10.3 Å². The predicted molar refractivity (Wildman–Crippen MR) is 89.7 cm³/mol. The smallest absolute Gasteiger partial charge is 0.167 e. The van der Waals surface area contributed by atoms with E-state index in [9.17, 15) is 0 Å². The van der Waals surface area contributed by atoms with E-state index < -0.39 is 0 Å². The van der Waals surface area contributed by atoms with Gasteiger partial charge in [0.05, 0.1) is 6.04 Å². The highest BCUT2D eigenvalue weighted by atomic mass is 16.5. The quantitative estimate of drug-likeness (QED) is 0.622. The number of pyridine rings is 1. The highest BCUT2D eigenvalue weighted by Crippen LogP contribution is 2.30. The van der Waals surface area contributed by atoms with Gasteiger partial charge >= 0.3 is 0 Å². The Balaban J connectivity index is 1.76. The van der Waals surface area contributed by atoms with Crippen molar-refractivity contribution >= 4 is 11.0 Å². The van der Waals surface area contributed by atoms with E-state index in [-0.39, 0.29) is 6.04 Å².